The summed E-state index contributed by atoms with van der Waals surface area (Å²) >= 11 is 2.70. The Morgan fingerprint density at radius 3 is 2.50 bits per heavy atom. The average molecular weight is 227 g/mol. The van der Waals surface area contributed by atoms with Crippen LogP contribution in [0.2, 0.25) is 4.82 Å². The third-order valence-corrected chi connectivity index (χ3v) is 2.47. The van der Waals surface area contributed by atoms with Gasteiger partial charge in [0.05, 0.1) is 0 Å². The van der Waals surface area contributed by atoms with E-state index in [-0.39, 0.29) is 0 Å². The molecular weight excluding hydrogens is 211 g/mol. The van der Waals surface area contributed by atoms with Crippen molar-refractivity contribution in [3.63, 3.8) is 0 Å². The topological polar surface area (TPSA) is 0 Å². The van der Waals surface area contributed by atoms with Crippen LogP contribution in [0.3, 0.4) is 0 Å². The fourth-order valence-electron chi connectivity index (χ4n) is 1.25. The molecule has 1 aromatic carbocycles. The summed E-state index contributed by atoms with van der Waals surface area (Å²) in [5.41, 5.74) is 1.46. The number of rotatable bonds is 4. The molecule has 1 heteroatoms. The van der Waals surface area contributed by atoms with Crippen LogP contribution in [0, 0.1) is 0 Å². The molecule has 12 heavy (non-hydrogen) atoms. The van der Waals surface area contributed by atoms with Gasteiger partial charge in [-0.15, -0.1) is 0 Å². The Morgan fingerprint density at radius 2 is 1.92 bits per heavy atom. The maximum absolute atomic E-state index is 2.70. The molecule has 0 aliphatic carbocycles. The van der Waals surface area contributed by atoms with Gasteiger partial charge in [0.25, 0.3) is 0 Å². The fraction of sp³-hybridized carbons (Fsp3) is 0.455. The van der Waals surface area contributed by atoms with Crippen LogP contribution in [0.5, 0.6) is 0 Å². The van der Waals surface area contributed by atoms with Crippen LogP contribution in [0.25, 0.3) is 0 Å². The minimum absolute atomic E-state index is 0.779. The molecule has 0 aliphatic heterocycles. The summed E-state index contributed by atoms with van der Waals surface area (Å²) in [5.74, 6) is 0. The van der Waals surface area contributed by atoms with Crippen molar-refractivity contribution in [1.82, 2.24) is 0 Å². The predicted octanol–water partition coefficient (Wildman–Crippen LogP) is 2.72. The van der Waals surface area contributed by atoms with E-state index in [1.165, 1.54) is 24.8 Å². The third-order valence-electron chi connectivity index (χ3n) is 1.93. The van der Waals surface area contributed by atoms with E-state index in [1.807, 2.05) is 0 Å². The monoisotopic (exact) mass is 228 g/mol. The molecule has 0 amide bonds. The van der Waals surface area contributed by atoms with E-state index in [2.05, 4.69) is 53.3 Å². The Balaban J connectivity index is 2.25. The van der Waals surface area contributed by atoms with E-state index >= 15 is 0 Å². The van der Waals surface area contributed by atoms with Crippen molar-refractivity contribution in [2.24, 2.45) is 0 Å². The Kier molecular flexibility index (Phi) is 4.42. The number of benzene rings is 1. The van der Waals surface area contributed by atoms with Gasteiger partial charge in [0.1, 0.15) is 0 Å². The van der Waals surface area contributed by atoms with E-state index in [0.717, 1.165) is 4.82 Å². The Labute approximate surface area is 83.2 Å². The first-order chi connectivity index (χ1) is 5.79. The van der Waals surface area contributed by atoms with Crippen molar-refractivity contribution >= 4 is 16.0 Å². The summed E-state index contributed by atoms with van der Waals surface area (Å²) in [6.45, 7) is 2.25. The van der Waals surface area contributed by atoms with Crippen LogP contribution in [0.4, 0.5) is 0 Å². The van der Waals surface area contributed by atoms with Gasteiger partial charge >= 0.3 is 82.9 Å². The van der Waals surface area contributed by atoms with E-state index in [4.69, 9.17) is 0 Å². The minimum atomic E-state index is 0.779. The van der Waals surface area contributed by atoms with Gasteiger partial charge in [0.2, 0.25) is 0 Å². The van der Waals surface area contributed by atoms with Crippen molar-refractivity contribution in [3.05, 3.63) is 35.9 Å². The van der Waals surface area contributed by atoms with Crippen molar-refractivity contribution in [2.75, 3.05) is 0 Å². The molecule has 0 radical (unpaired) electrons. The van der Waals surface area contributed by atoms with Crippen LogP contribution >= 0.6 is 0 Å². The Bertz CT molecular complexity index is 204. The van der Waals surface area contributed by atoms with Crippen LogP contribution < -0.4 is 0 Å². The van der Waals surface area contributed by atoms with E-state index in [9.17, 15) is 0 Å². The molecule has 0 unspecified atom stereocenters. The van der Waals surface area contributed by atoms with E-state index in [1.54, 1.807) is 0 Å². The fourth-order valence-corrected chi connectivity index (χ4v) is 1.63. The predicted molar refractivity (Wildman–Crippen MR) is 56.0 cm³/mol. The molecule has 1 aromatic rings. The van der Waals surface area contributed by atoms with Gasteiger partial charge < -0.3 is 0 Å². The standard InChI is InChI=1S/C11H16Se/c1-10(12)6-5-9-11-7-3-2-4-8-11/h2-4,7-8,10,12H,5-6,9H2,1H3/t10-/m1/s1. The zero-order valence-electron chi connectivity index (χ0n) is 7.53. The first-order valence-electron chi connectivity index (χ1n) is 4.51. The summed E-state index contributed by atoms with van der Waals surface area (Å²) in [6, 6.07) is 10.7. The first-order valence-corrected chi connectivity index (χ1v) is 5.59. The van der Waals surface area contributed by atoms with Crippen LogP contribution in [0.1, 0.15) is 25.3 Å². The molecule has 0 fully saturated rings. The van der Waals surface area contributed by atoms with Crippen LogP contribution in [0.15, 0.2) is 30.3 Å². The number of hydrogen-bond acceptors (Lipinski definition) is 0. The zero-order valence-corrected chi connectivity index (χ0v) is 9.41. The van der Waals surface area contributed by atoms with Crippen molar-refractivity contribution in [1.29, 1.82) is 0 Å². The first kappa shape index (κ1) is 9.82. The average Bonchev–Trinajstić information content (AvgIpc) is 2.05. The normalized spacial score (nSPS) is 12.8. The summed E-state index contributed by atoms with van der Waals surface area (Å²) in [6.07, 6.45) is 3.85. The van der Waals surface area contributed by atoms with Gasteiger partial charge in [0.15, 0.2) is 0 Å². The molecule has 1 rings (SSSR count). The van der Waals surface area contributed by atoms with Gasteiger partial charge in [0, 0.05) is 0 Å². The number of hydrogen-bond donors (Lipinski definition) is 0. The molecule has 0 aromatic heterocycles. The van der Waals surface area contributed by atoms with Gasteiger partial charge in [-0.3, -0.25) is 0 Å². The van der Waals surface area contributed by atoms with E-state index in [0.29, 0.717) is 0 Å². The molecular formula is C11H16Se. The molecule has 0 nitrogen and oxygen atoms in total. The molecule has 0 spiro atoms. The maximum atomic E-state index is 2.70. The summed E-state index contributed by atoms with van der Waals surface area (Å²) < 4.78 is 0. The van der Waals surface area contributed by atoms with Crippen LogP contribution in [-0.2, 0) is 6.42 Å². The third kappa shape index (κ3) is 3.94. The molecule has 0 N–H and O–H groups in total. The molecule has 0 saturated carbocycles. The van der Waals surface area contributed by atoms with Gasteiger partial charge in [-0.05, 0) is 0 Å². The van der Waals surface area contributed by atoms with Gasteiger partial charge in [-0.1, -0.05) is 0 Å². The zero-order chi connectivity index (χ0) is 8.81. The van der Waals surface area contributed by atoms with E-state index < -0.39 is 0 Å². The number of aryl methyl sites for hydroxylation is 1. The molecule has 0 saturated heterocycles. The van der Waals surface area contributed by atoms with Gasteiger partial charge in [-0.2, -0.15) is 0 Å². The summed E-state index contributed by atoms with van der Waals surface area (Å²) in [5, 5.41) is 0. The second kappa shape index (κ2) is 5.40. The second-order valence-corrected chi connectivity index (χ2v) is 5.08. The van der Waals surface area contributed by atoms with Crippen molar-refractivity contribution in [2.45, 2.75) is 31.0 Å². The quantitative estimate of drug-likeness (QED) is 0.694. The molecule has 1 atom stereocenters. The summed E-state index contributed by atoms with van der Waals surface area (Å²) in [4.78, 5) is 0.779. The SMILES string of the molecule is C[C@@H]([SeH])CCCc1ccccc1. The molecule has 0 bridgehead atoms. The van der Waals surface area contributed by atoms with Crippen LogP contribution in [-0.4, -0.2) is 16.0 Å². The van der Waals surface area contributed by atoms with Crippen molar-refractivity contribution < 1.29 is 0 Å². The molecule has 0 heterocycles. The second-order valence-electron chi connectivity index (χ2n) is 3.23. The Morgan fingerprint density at radius 1 is 1.25 bits per heavy atom. The Hall–Kier alpha value is -0.261. The van der Waals surface area contributed by atoms with Gasteiger partial charge in [-0.25, -0.2) is 0 Å². The molecule has 0 aliphatic rings. The summed E-state index contributed by atoms with van der Waals surface area (Å²) in [7, 11) is 0. The molecule has 66 valence electrons. The van der Waals surface area contributed by atoms with Crippen molar-refractivity contribution in [3.8, 4) is 0 Å².